The smallest absolute Gasteiger partial charge is 0.0195 e. The minimum Gasteiger partial charge on any atom is -0.315 e. The molecule has 0 aromatic carbocycles. The average Bonchev–Trinajstić information content (AvgIpc) is 2.83. The Labute approximate surface area is 115 Å². The third kappa shape index (κ3) is 5.71. The molecular formula is C16H34N2. The fraction of sp³-hybridized carbons (Fsp3) is 1.00. The zero-order valence-corrected chi connectivity index (χ0v) is 13.0. The molecule has 0 aromatic heterocycles. The lowest BCUT2D eigenvalue weighted by atomic mass is 10.1. The van der Waals surface area contributed by atoms with Crippen molar-refractivity contribution in [2.45, 2.75) is 78.3 Å². The molecule has 0 aliphatic heterocycles. The molecule has 1 N–H and O–H groups in total. The summed E-state index contributed by atoms with van der Waals surface area (Å²) in [5.41, 5.74) is 0. The van der Waals surface area contributed by atoms with Crippen LogP contribution >= 0.6 is 0 Å². The average molecular weight is 254 g/mol. The van der Waals surface area contributed by atoms with Gasteiger partial charge in [0.25, 0.3) is 0 Å². The molecule has 1 fully saturated rings. The van der Waals surface area contributed by atoms with E-state index in [1.54, 1.807) is 0 Å². The first-order valence-electron chi connectivity index (χ1n) is 8.11. The molecule has 108 valence electrons. The Morgan fingerprint density at radius 2 is 1.83 bits per heavy atom. The fourth-order valence-electron chi connectivity index (χ4n) is 3.01. The zero-order valence-electron chi connectivity index (χ0n) is 13.0. The number of rotatable bonds is 9. The second-order valence-corrected chi connectivity index (χ2v) is 6.41. The van der Waals surface area contributed by atoms with E-state index in [0.717, 1.165) is 25.0 Å². The molecule has 1 saturated carbocycles. The van der Waals surface area contributed by atoms with Gasteiger partial charge in [0.15, 0.2) is 0 Å². The van der Waals surface area contributed by atoms with Gasteiger partial charge < -0.3 is 5.32 Å². The van der Waals surface area contributed by atoms with E-state index in [1.165, 1.54) is 45.1 Å². The minimum absolute atomic E-state index is 0.693. The second-order valence-electron chi connectivity index (χ2n) is 6.41. The molecule has 18 heavy (non-hydrogen) atoms. The molecule has 1 atom stereocenters. The van der Waals surface area contributed by atoms with Gasteiger partial charge in [-0.3, -0.25) is 4.90 Å². The molecule has 0 bridgehead atoms. The van der Waals surface area contributed by atoms with Crippen molar-refractivity contribution in [3.8, 4) is 0 Å². The van der Waals surface area contributed by atoms with Crippen molar-refractivity contribution >= 4 is 0 Å². The third-order valence-electron chi connectivity index (χ3n) is 4.19. The van der Waals surface area contributed by atoms with Crippen LogP contribution in [0.1, 0.15) is 66.2 Å². The van der Waals surface area contributed by atoms with Crippen molar-refractivity contribution in [2.75, 3.05) is 19.6 Å². The van der Waals surface area contributed by atoms with Gasteiger partial charge >= 0.3 is 0 Å². The van der Waals surface area contributed by atoms with Crippen LogP contribution in [0.4, 0.5) is 0 Å². The van der Waals surface area contributed by atoms with Crippen molar-refractivity contribution in [2.24, 2.45) is 5.92 Å². The van der Waals surface area contributed by atoms with Gasteiger partial charge in [0, 0.05) is 18.6 Å². The highest BCUT2D eigenvalue weighted by Crippen LogP contribution is 2.25. The molecule has 0 radical (unpaired) electrons. The normalized spacial score (nSPS) is 19.0. The van der Waals surface area contributed by atoms with Crippen LogP contribution in [0.25, 0.3) is 0 Å². The van der Waals surface area contributed by atoms with Crippen molar-refractivity contribution < 1.29 is 0 Å². The van der Waals surface area contributed by atoms with E-state index in [4.69, 9.17) is 0 Å². The summed E-state index contributed by atoms with van der Waals surface area (Å²) in [6.45, 7) is 12.9. The van der Waals surface area contributed by atoms with E-state index in [9.17, 15) is 0 Å². The molecule has 0 heterocycles. The first-order chi connectivity index (χ1) is 8.65. The molecule has 1 rings (SSSR count). The van der Waals surface area contributed by atoms with Gasteiger partial charge in [0.05, 0.1) is 0 Å². The molecule has 0 amide bonds. The summed E-state index contributed by atoms with van der Waals surface area (Å²) in [7, 11) is 0. The first-order valence-corrected chi connectivity index (χ1v) is 8.11. The molecule has 1 unspecified atom stereocenters. The van der Waals surface area contributed by atoms with E-state index < -0.39 is 0 Å². The number of nitrogens with one attached hydrogen (secondary N) is 1. The van der Waals surface area contributed by atoms with Gasteiger partial charge in [-0.2, -0.15) is 0 Å². The van der Waals surface area contributed by atoms with Crippen LogP contribution in [0.5, 0.6) is 0 Å². The number of hydrogen-bond donors (Lipinski definition) is 1. The van der Waals surface area contributed by atoms with Crippen LogP contribution < -0.4 is 5.32 Å². The molecule has 2 heteroatoms. The van der Waals surface area contributed by atoms with Crippen LogP contribution in [-0.2, 0) is 0 Å². The zero-order chi connectivity index (χ0) is 13.4. The van der Waals surface area contributed by atoms with Gasteiger partial charge in [0.2, 0.25) is 0 Å². The SMILES string of the molecule is CCCNCC(C)N(CCC(C)C)C1CCCC1. The standard InChI is InChI=1S/C16H34N2/c1-5-11-17-13-15(4)18(12-10-14(2)3)16-8-6-7-9-16/h14-17H,5-13H2,1-4H3. The highest BCUT2D eigenvalue weighted by Gasteiger charge is 2.25. The quantitative estimate of drug-likeness (QED) is 0.632. The minimum atomic E-state index is 0.693. The summed E-state index contributed by atoms with van der Waals surface area (Å²) in [5.74, 6) is 0.824. The van der Waals surface area contributed by atoms with Gasteiger partial charge in [-0.1, -0.05) is 33.6 Å². The Balaban J connectivity index is 2.41. The van der Waals surface area contributed by atoms with Crippen LogP contribution in [0, 0.1) is 5.92 Å². The fourth-order valence-corrected chi connectivity index (χ4v) is 3.01. The summed E-state index contributed by atoms with van der Waals surface area (Å²) in [4.78, 5) is 2.79. The third-order valence-corrected chi connectivity index (χ3v) is 4.19. The Morgan fingerprint density at radius 3 is 2.39 bits per heavy atom. The summed E-state index contributed by atoms with van der Waals surface area (Å²) in [5, 5.41) is 3.58. The molecule has 0 saturated heterocycles. The van der Waals surface area contributed by atoms with Gasteiger partial charge in [-0.05, 0) is 51.6 Å². The molecule has 0 aromatic rings. The summed E-state index contributed by atoms with van der Waals surface area (Å²) < 4.78 is 0. The lowest BCUT2D eigenvalue weighted by molar-refractivity contribution is 0.135. The van der Waals surface area contributed by atoms with Crippen molar-refractivity contribution in [3.63, 3.8) is 0 Å². The van der Waals surface area contributed by atoms with E-state index in [0.29, 0.717) is 6.04 Å². The van der Waals surface area contributed by atoms with Crippen LogP contribution in [-0.4, -0.2) is 36.6 Å². The molecular weight excluding hydrogens is 220 g/mol. The van der Waals surface area contributed by atoms with Crippen LogP contribution in [0.3, 0.4) is 0 Å². The van der Waals surface area contributed by atoms with E-state index in [2.05, 4.69) is 37.9 Å². The second kappa shape index (κ2) is 8.92. The lowest BCUT2D eigenvalue weighted by Crippen LogP contribution is -2.46. The highest BCUT2D eigenvalue weighted by molar-refractivity contribution is 4.82. The van der Waals surface area contributed by atoms with Gasteiger partial charge in [-0.25, -0.2) is 0 Å². The summed E-state index contributed by atoms with van der Waals surface area (Å²) in [6.07, 6.45) is 8.32. The van der Waals surface area contributed by atoms with E-state index in [-0.39, 0.29) is 0 Å². The number of nitrogens with zero attached hydrogens (tertiary/aromatic N) is 1. The number of hydrogen-bond acceptors (Lipinski definition) is 2. The van der Waals surface area contributed by atoms with Crippen molar-refractivity contribution in [1.29, 1.82) is 0 Å². The van der Waals surface area contributed by atoms with E-state index >= 15 is 0 Å². The monoisotopic (exact) mass is 254 g/mol. The molecule has 2 nitrogen and oxygen atoms in total. The van der Waals surface area contributed by atoms with Crippen LogP contribution in [0.15, 0.2) is 0 Å². The van der Waals surface area contributed by atoms with Crippen molar-refractivity contribution in [1.82, 2.24) is 10.2 Å². The van der Waals surface area contributed by atoms with E-state index in [1.807, 2.05) is 0 Å². The highest BCUT2D eigenvalue weighted by atomic mass is 15.2. The maximum atomic E-state index is 3.58. The molecule has 0 spiro atoms. The van der Waals surface area contributed by atoms with Crippen molar-refractivity contribution in [3.05, 3.63) is 0 Å². The topological polar surface area (TPSA) is 15.3 Å². The summed E-state index contributed by atoms with van der Waals surface area (Å²) in [6, 6.07) is 1.56. The Kier molecular flexibility index (Phi) is 7.92. The Bertz CT molecular complexity index is 197. The molecule has 1 aliphatic carbocycles. The lowest BCUT2D eigenvalue weighted by Gasteiger charge is -2.35. The van der Waals surface area contributed by atoms with Gasteiger partial charge in [-0.15, -0.1) is 0 Å². The summed E-state index contributed by atoms with van der Waals surface area (Å²) >= 11 is 0. The predicted molar refractivity (Wildman–Crippen MR) is 81.0 cm³/mol. The predicted octanol–water partition coefficient (Wildman–Crippen LogP) is 3.67. The first kappa shape index (κ1) is 16.0. The molecule has 1 aliphatic rings. The Morgan fingerprint density at radius 1 is 1.17 bits per heavy atom. The van der Waals surface area contributed by atoms with Gasteiger partial charge in [0.1, 0.15) is 0 Å². The maximum Gasteiger partial charge on any atom is 0.0195 e. The Hall–Kier alpha value is -0.0800. The largest absolute Gasteiger partial charge is 0.315 e. The van der Waals surface area contributed by atoms with Crippen LogP contribution in [0.2, 0.25) is 0 Å². The maximum absolute atomic E-state index is 3.58.